The Morgan fingerprint density at radius 2 is 1.54 bits per heavy atom. The Morgan fingerprint density at radius 3 is 2.23 bits per heavy atom. The number of amides is 3. The van der Waals surface area contributed by atoms with Gasteiger partial charge in [-0.2, -0.15) is 0 Å². The van der Waals surface area contributed by atoms with Gasteiger partial charge in [-0.25, -0.2) is 8.78 Å². The molecule has 3 N–H and O–H groups in total. The van der Waals surface area contributed by atoms with Gasteiger partial charge in [0.15, 0.2) is 11.6 Å². The van der Waals surface area contributed by atoms with E-state index < -0.39 is 23.4 Å². The number of carbonyl (C=O) groups excluding carboxylic acids is 3. The summed E-state index contributed by atoms with van der Waals surface area (Å²) in [5.41, 5.74) is 0.0870. The second-order valence-corrected chi connectivity index (χ2v) is 6.44. The molecule has 26 heavy (non-hydrogen) atoms. The Morgan fingerprint density at radius 1 is 0.885 bits per heavy atom. The first-order chi connectivity index (χ1) is 12.4. The molecule has 0 aromatic heterocycles. The molecule has 0 atom stereocenters. The summed E-state index contributed by atoms with van der Waals surface area (Å²) in [5.74, 6) is -2.96. The van der Waals surface area contributed by atoms with Gasteiger partial charge in [0.05, 0.1) is 13.1 Å². The molecule has 1 aliphatic carbocycles. The van der Waals surface area contributed by atoms with Crippen LogP contribution in [0, 0.1) is 17.6 Å². The summed E-state index contributed by atoms with van der Waals surface area (Å²) in [4.78, 5) is 35.2. The molecule has 0 unspecified atom stereocenters. The van der Waals surface area contributed by atoms with E-state index >= 15 is 0 Å². The number of hydrogen-bond donors (Lipinski definition) is 3. The highest BCUT2D eigenvalue weighted by Gasteiger charge is 2.17. The highest BCUT2D eigenvalue weighted by atomic mass is 19.2. The van der Waals surface area contributed by atoms with Crippen LogP contribution in [0.5, 0.6) is 0 Å². The monoisotopic (exact) mass is 367 g/mol. The zero-order valence-corrected chi connectivity index (χ0v) is 14.4. The summed E-state index contributed by atoms with van der Waals surface area (Å²) in [5, 5.41) is 7.23. The van der Waals surface area contributed by atoms with Gasteiger partial charge in [-0.3, -0.25) is 14.4 Å². The fraction of sp³-hybridized carbons (Fsp3) is 0.500. The molecular weight excluding hydrogens is 344 g/mol. The second kappa shape index (κ2) is 9.84. The van der Waals surface area contributed by atoms with Crippen molar-refractivity contribution in [3.8, 4) is 0 Å². The molecule has 0 bridgehead atoms. The molecule has 1 fully saturated rings. The van der Waals surface area contributed by atoms with Gasteiger partial charge >= 0.3 is 0 Å². The predicted molar refractivity (Wildman–Crippen MR) is 92.2 cm³/mol. The molecule has 0 radical (unpaired) electrons. The minimum Gasteiger partial charge on any atom is -0.347 e. The minimum atomic E-state index is -1.08. The van der Waals surface area contributed by atoms with Crippen molar-refractivity contribution < 1.29 is 23.2 Å². The maximum Gasteiger partial charge on any atom is 0.243 e. The van der Waals surface area contributed by atoms with Gasteiger partial charge in [0.25, 0.3) is 0 Å². The predicted octanol–water partition coefficient (Wildman–Crippen LogP) is 2.11. The van der Waals surface area contributed by atoms with Gasteiger partial charge in [-0.05, 0) is 30.9 Å². The van der Waals surface area contributed by atoms with Gasteiger partial charge in [-0.1, -0.05) is 19.3 Å². The van der Waals surface area contributed by atoms with Crippen LogP contribution < -0.4 is 16.0 Å². The first kappa shape index (κ1) is 19.8. The van der Waals surface area contributed by atoms with Crippen molar-refractivity contribution in [3.63, 3.8) is 0 Å². The van der Waals surface area contributed by atoms with E-state index in [0.29, 0.717) is 12.3 Å². The Bertz CT molecular complexity index is 661. The number of rotatable bonds is 7. The van der Waals surface area contributed by atoms with Gasteiger partial charge in [0.2, 0.25) is 17.7 Å². The maximum absolute atomic E-state index is 13.1. The number of hydrogen-bond acceptors (Lipinski definition) is 3. The fourth-order valence-corrected chi connectivity index (χ4v) is 2.92. The van der Waals surface area contributed by atoms with E-state index in [1.807, 2.05) is 0 Å². The summed E-state index contributed by atoms with van der Waals surface area (Å²) in [6.45, 7) is -0.541. The SMILES string of the molecule is O=C(CNC(=O)CC1CCCCC1)NCC(=O)Nc1ccc(F)c(F)c1. The van der Waals surface area contributed by atoms with Crippen LogP contribution in [0.15, 0.2) is 18.2 Å². The largest absolute Gasteiger partial charge is 0.347 e. The van der Waals surface area contributed by atoms with Crippen LogP contribution in [0.4, 0.5) is 14.5 Å². The Balaban J connectivity index is 1.63. The average Bonchev–Trinajstić information content (AvgIpc) is 2.62. The number of benzene rings is 1. The van der Waals surface area contributed by atoms with Crippen LogP contribution in [0.3, 0.4) is 0 Å². The topological polar surface area (TPSA) is 87.3 Å². The third-order valence-corrected chi connectivity index (χ3v) is 4.29. The van der Waals surface area contributed by atoms with Gasteiger partial charge in [0.1, 0.15) is 0 Å². The average molecular weight is 367 g/mol. The zero-order valence-electron chi connectivity index (χ0n) is 14.4. The van der Waals surface area contributed by atoms with E-state index in [9.17, 15) is 23.2 Å². The Hall–Kier alpha value is -2.51. The van der Waals surface area contributed by atoms with Crippen LogP contribution in [-0.4, -0.2) is 30.8 Å². The minimum absolute atomic E-state index is 0.0870. The molecule has 2 rings (SSSR count). The lowest BCUT2D eigenvalue weighted by Gasteiger charge is -2.20. The lowest BCUT2D eigenvalue weighted by molar-refractivity contribution is -0.127. The molecule has 0 aliphatic heterocycles. The molecule has 1 aromatic rings. The van der Waals surface area contributed by atoms with Crippen molar-refractivity contribution in [3.05, 3.63) is 29.8 Å². The quantitative estimate of drug-likeness (QED) is 0.690. The van der Waals surface area contributed by atoms with Crippen LogP contribution >= 0.6 is 0 Å². The third-order valence-electron chi connectivity index (χ3n) is 4.29. The number of anilines is 1. The van der Waals surface area contributed by atoms with E-state index in [0.717, 1.165) is 37.8 Å². The molecule has 1 aliphatic rings. The summed E-state index contributed by atoms with van der Waals surface area (Å²) < 4.78 is 25.9. The van der Waals surface area contributed by atoms with E-state index in [2.05, 4.69) is 16.0 Å². The van der Waals surface area contributed by atoms with Crippen molar-refractivity contribution >= 4 is 23.4 Å². The molecule has 1 saturated carbocycles. The van der Waals surface area contributed by atoms with Crippen molar-refractivity contribution in [2.45, 2.75) is 38.5 Å². The van der Waals surface area contributed by atoms with Crippen molar-refractivity contribution in [2.75, 3.05) is 18.4 Å². The van der Waals surface area contributed by atoms with Crippen LogP contribution in [-0.2, 0) is 14.4 Å². The third kappa shape index (κ3) is 6.78. The maximum atomic E-state index is 13.1. The van der Waals surface area contributed by atoms with Gasteiger partial charge in [-0.15, -0.1) is 0 Å². The van der Waals surface area contributed by atoms with Crippen molar-refractivity contribution in [1.29, 1.82) is 0 Å². The summed E-state index contributed by atoms with van der Waals surface area (Å²) >= 11 is 0. The highest BCUT2D eigenvalue weighted by molar-refractivity contribution is 5.95. The highest BCUT2D eigenvalue weighted by Crippen LogP contribution is 2.25. The molecule has 0 saturated heterocycles. The van der Waals surface area contributed by atoms with Gasteiger partial charge < -0.3 is 16.0 Å². The number of carbonyl (C=O) groups is 3. The first-order valence-corrected chi connectivity index (χ1v) is 8.72. The van der Waals surface area contributed by atoms with E-state index in [1.165, 1.54) is 12.5 Å². The lowest BCUT2D eigenvalue weighted by Crippen LogP contribution is -2.40. The van der Waals surface area contributed by atoms with Crippen molar-refractivity contribution in [1.82, 2.24) is 10.6 Å². The van der Waals surface area contributed by atoms with E-state index in [4.69, 9.17) is 0 Å². The molecular formula is C18H23F2N3O3. The molecule has 1 aromatic carbocycles. The summed E-state index contributed by atoms with van der Waals surface area (Å²) in [6.07, 6.45) is 6.02. The van der Waals surface area contributed by atoms with E-state index in [-0.39, 0.29) is 24.7 Å². The molecule has 0 heterocycles. The summed E-state index contributed by atoms with van der Waals surface area (Å²) in [7, 11) is 0. The zero-order chi connectivity index (χ0) is 18.9. The second-order valence-electron chi connectivity index (χ2n) is 6.44. The van der Waals surface area contributed by atoms with Crippen LogP contribution in [0.25, 0.3) is 0 Å². The molecule has 6 nitrogen and oxygen atoms in total. The molecule has 142 valence electrons. The number of nitrogens with one attached hydrogen (secondary N) is 3. The Labute approximate surface area is 150 Å². The fourth-order valence-electron chi connectivity index (χ4n) is 2.92. The lowest BCUT2D eigenvalue weighted by atomic mass is 9.87. The normalized spacial score (nSPS) is 14.5. The number of halogens is 2. The van der Waals surface area contributed by atoms with Crippen LogP contribution in [0.2, 0.25) is 0 Å². The smallest absolute Gasteiger partial charge is 0.243 e. The van der Waals surface area contributed by atoms with Crippen molar-refractivity contribution in [2.24, 2.45) is 5.92 Å². The van der Waals surface area contributed by atoms with Crippen LogP contribution in [0.1, 0.15) is 38.5 Å². The molecule has 3 amide bonds. The summed E-state index contributed by atoms with van der Waals surface area (Å²) in [6, 6.07) is 2.95. The van der Waals surface area contributed by atoms with E-state index in [1.54, 1.807) is 0 Å². The van der Waals surface area contributed by atoms with Gasteiger partial charge in [0, 0.05) is 18.2 Å². The Kier molecular flexibility index (Phi) is 7.50. The first-order valence-electron chi connectivity index (χ1n) is 8.72. The molecule has 0 spiro atoms. The standard InChI is InChI=1S/C18H23F2N3O3/c19-14-7-6-13(9-15(14)20)23-18(26)11-22-17(25)10-21-16(24)8-12-4-2-1-3-5-12/h6-7,9,12H,1-5,8,10-11H2,(H,21,24)(H,22,25)(H,23,26). The molecule has 8 heteroatoms.